The number of carbonyl (C=O) groups is 1. The molecule has 17 heavy (non-hydrogen) atoms. The fourth-order valence-electron chi connectivity index (χ4n) is 1.94. The highest BCUT2D eigenvalue weighted by Gasteiger charge is 2.44. The van der Waals surface area contributed by atoms with Crippen LogP contribution in [0.4, 0.5) is 0 Å². The molecule has 0 saturated heterocycles. The Labute approximate surface area is 106 Å². The molecular weight excluding hydrogens is 236 g/mol. The minimum atomic E-state index is -0.448. The highest BCUT2D eigenvalue weighted by atomic mass is 35.5. The number of amides is 1. The molecule has 1 aromatic rings. The molecule has 1 aliphatic rings. The summed E-state index contributed by atoms with van der Waals surface area (Å²) in [7, 11) is 0. The molecule has 3 N–H and O–H groups in total. The van der Waals surface area contributed by atoms with Crippen LogP contribution in [0, 0.1) is 0 Å². The Morgan fingerprint density at radius 3 is 2.53 bits per heavy atom. The normalized spacial score (nSPS) is 18.5. The highest BCUT2D eigenvalue weighted by molar-refractivity contribution is 6.30. The Morgan fingerprint density at radius 1 is 1.47 bits per heavy atom. The third kappa shape index (κ3) is 2.79. The van der Waals surface area contributed by atoms with Crippen molar-refractivity contribution in [2.45, 2.75) is 31.2 Å². The fourth-order valence-corrected chi connectivity index (χ4v) is 2.07. The number of nitrogens with one attached hydrogen (secondary N) is 1. The van der Waals surface area contributed by atoms with Gasteiger partial charge in [-0.05, 0) is 37.5 Å². The summed E-state index contributed by atoms with van der Waals surface area (Å²) in [5, 5.41) is 3.64. The van der Waals surface area contributed by atoms with Crippen LogP contribution in [0.1, 0.15) is 25.3 Å². The van der Waals surface area contributed by atoms with Crippen molar-refractivity contribution in [1.29, 1.82) is 0 Å². The largest absolute Gasteiger partial charge is 0.354 e. The summed E-state index contributed by atoms with van der Waals surface area (Å²) in [6.07, 6.45) is 2.21. The van der Waals surface area contributed by atoms with E-state index in [0.29, 0.717) is 6.54 Å². The van der Waals surface area contributed by atoms with Crippen LogP contribution in [0.2, 0.25) is 5.02 Å². The van der Waals surface area contributed by atoms with Crippen molar-refractivity contribution >= 4 is 17.5 Å². The molecule has 1 fully saturated rings. The second-order valence-electron chi connectivity index (χ2n) is 4.79. The van der Waals surface area contributed by atoms with Crippen LogP contribution in [0.25, 0.3) is 0 Å². The molecule has 3 nitrogen and oxygen atoms in total. The molecule has 1 atom stereocenters. The van der Waals surface area contributed by atoms with Gasteiger partial charge in [0.05, 0.1) is 6.04 Å². The zero-order valence-corrected chi connectivity index (χ0v) is 10.6. The van der Waals surface area contributed by atoms with Crippen molar-refractivity contribution in [3.63, 3.8) is 0 Å². The van der Waals surface area contributed by atoms with E-state index in [9.17, 15) is 4.79 Å². The number of rotatable bonds is 4. The molecule has 92 valence electrons. The lowest BCUT2D eigenvalue weighted by Gasteiger charge is -2.17. The number of hydrogen-bond donors (Lipinski definition) is 2. The van der Waals surface area contributed by atoms with Gasteiger partial charge in [0, 0.05) is 17.0 Å². The molecule has 0 aromatic heterocycles. The second kappa shape index (κ2) is 4.67. The standard InChI is InChI=1S/C13H17ClN2O/c1-9(15)12(17)16-8-13(6-7-13)10-2-4-11(14)5-3-10/h2-5,9H,6-8,15H2,1H3,(H,16,17)/t9-/m0/s1. The Kier molecular flexibility index (Phi) is 3.40. The fraction of sp³-hybridized carbons (Fsp3) is 0.462. The van der Waals surface area contributed by atoms with Crippen molar-refractivity contribution in [2.24, 2.45) is 5.73 Å². The minimum Gasteiger partial charge on any atom is -0.354 e. The number of carbonyl (C=O) groups excluding carboxylic acids is 1. The summed E-state index contributed by atoms with van der Waals surface area (Å²) in [4.78, 5) is 11.4. The van der Waals surface area contributed by atoms with Gasteiger partial charge in [0.1, 0.15) is 0 Å². The van der Waals surface area contributed by atoms with Crippen molar-refractivity contribution in [2.75, 3.05) is 6.54 Å². The van der Waals surface area contributed by atoms with Crippen molar-refractivity contribution in [3.05, 3.63) is 34.9 Å². The van der Waals surface area contributed by atoms with Gasteiger partial charge in [-0.15, -0.1) is 0 Å². The molecule has 0 unspecified atom stereocenters. The van der Waals surface area contributed by atoms with Crippen LogP contribution < -0.4 is 11.1 Å². The molecule has 1 amide bonds. The van der Waals surface area contributed by atoms with Gasteiger partial charge >= 0.3 is 0 Å². The van der Waals surface area contributed by atoms with Gasteiger partial charge in [-0.1, -0.05) is 23.7 Å². The van der Waals surface area contributed by atoms with E-state index in [-0.39, 0.29) is 11.3 Å². The van der Waals surface area contributed by atoms with Gasteiger partial charge in [-0.3, -0.25) is 4.79 Å². The Bertz CT molecular complexity index is 410. The maximum atomic E-state index is 11.4. The monoisotopic (exact) mass is 252 g/mol. The lowest BCUT2D eigenvalue weighted by molar-refractivity contribution is -0.122. The number of hydrogen-bond acceptors (Lipinski definition) is 2. The van der Waals surface area contributed by atoms with E-state index in [0.717, 1.165) is 17.9 Å². The lowest BCUT2D eigenvalue weighted by Crippen LogP contribution is -2.41. The summed E-state index contributed by atoms with van der Waals surface area (Å²) in [6, 6.07) is 7.41. The average Bonchev–Trinajstić information content (AvgIpc) is 3.08. The van der Waals surface area contributed by atoms with Crippen LogP contribution in [-0.2, 0) is 10.2 Å². The lowest BCUT2D eigenvalue weighted by atomic mass is 9.96. The van der Waals surface area contributed by atoms with Crippen LogP contribution in [0.3, 0.4) is 0 Å². The SMILES string of the molecule is C[C@H](N)C(=O)NCC1(c2ccc(Cl)cc2)CC1. The van der Waals surface area contributed by atoms with Crippen LogP contribution in [-0.4, -0.2) is 18.5 Å². The molecule has 1 aromatic carbocycles. The molecule has 0 radical (unpaired) electrons. The topological polar surface area (TPSA) is 55.1 Å². The molecule has 0 heterocycles. The number of nitrogens with two attached hydrogens (primary N) is 1. The maximum Gasteiger partial charge on any atom is 0.236 e. The van der Waals surface area contributed by atoms with Gasteiger partial charge in [-0.25, -0.2) is 0 Å². The van der Waals surface area contributed by atoms with Gasteiger partial charge < -0.3 is 11.1 Å². The Balaban J connectivity index is 2.00. The molecule has 0 aliphatic heterocycles. The second-order valence-corrected chi connectivity index (χ2v) is 5.23. The molecular formula is C13H17ClN2O. The van der Waals surface area contributed by atoms with Crippen molar-refractivity contribution in [1.82, 2.24) is 5.32 Å². The van der Waals surface area contributed by atoms with E-state index in [2.05, 4.69) is 5.32 Å². The van der Waals surface area contributed by atoms with E-state index in [4.69, 9.17) is 17.3 Å². The van der Waals surface area contributed by atoms with E-state index < -0.39 is 6.04 Å². The zero-order chi connectivity index (χ0) is 12.5. The number of benzene rings is 1. The molecule has 4 heteroatoms. The predicted molar refractivity (Wildman–Crippen MR) is 69.0 cm³/mol. The van der Waals surface area contributed by atoms with Crippen molar-refractivity contribution < 1.29 is 4.79 Å². The smallest absolute Gasteiger partial charge is 0.236 e. The van der Waals surface area contributed by atoms with Gasteiger partial charge in [0.15, 0.2) is 0 Å². The van der Waals surface area contributed by atoms with Crippen LogP contribution in [0.5, 0.6) is 0 Å². The van der Waals surface area contributed by atoms with E-state index >= 15 is 0 Å². The summed E-state index contributed by atoms with van der Waals surface area (Å²) < 4.78 is 0. The Hall–Kier alpha value is -1.06. The Morgan fingerprint density at radius 2 is 2.06 bits per heavy atom. The quantitative estimate of drug-likeness (QED) is 0.859. The first kappa shape index (κ1) is 12.4. The zero-order valence-electron chi connectivity index (χ0n) is 9.87. The summed E-state index contributed by atoms with van der Waals surface area (Å²) in [6.45, 7) is 2.35. The van der Waals surface area contributed by atoms with Gasteiger partial charge in [0.2, 0.25) is 5.91 Å². The summed E-state index contributed by atoms with van der Waals surface area (Å²) in [5.74, 6) is -0.0924. The first-order valence-corrected chi connectivity index (χ1v) is 6.21. The maximum absolute atomic E-state index is 11.4. The highest BCUT2D eigenvalue weighted by Crippen LogP contribution is 2.47. The predicted octanol–water partition coefficient (Wildman–Crippen LogP) is 1.84. The van der Waals surface area contributed by atoms with Crippen LogP contribution >= 0.6 is 11.6 Å². The minimum absolute atomic E-state index is 0.0924. The van der Waals surface area contributed by atoms with Crippen molar-refractivity contribution in [3.8, 4) is 0 Å². The molecule has 0 bridgehead atoms. The van der Waals surface area contributed by atoms with E-state index in [1.165, 1.54) is 5.56 Å². The third-order valence-corrected chi connectivity index (χ3v) is 3.58. The summed E-state index contributed by atoms with van der Waals surface area (Å²) in [5.41, 5.74) is 6.86. The van der Waals surface area contributed by atoms with Crippen LogP contribution in [0.15, 0.2) is 24.3 Å². The van der Waals surface area contributed by atoms with E-state index in [1.807, 2.05) is 24.3 Å². The molecule has 0 spiro atoms. The number of halogens is 1. The first-order chi connectivity index (χ1) is 8.03. The molecule has 1 aliphatic carbocycles. The van der Waals surface area contributed by atoms with Gasteiger partial charge in [-0.2, -0.15) is 0 Å². The average molecular weight is 253 g/mol. The molecule has 2 rings (SSSR count). The third-order valence-electron chi connectivity index (χ3n) is 3.32. The summed E-state index contributed by atoms with van der Waals surface area (Å²) >= 11 is 5.86. The molecule has 1 saturated carbocycles. The van der Waals surface area contributed by atoms with Gasteiger partial charge in [0.25, 0.3) is 0 Å². The van der Waals surface area contributed by atoms with E-state index in [1.54, 1.807) is 6.92 Å². The first-order valence-electron chi connectivity index (χ1n) is 5.83.